The number of rotatable bonds is 7. The molecule has 8 nitrogen and oxygen atoms in total. The van der Waals surface area contributed by atoms with E-state index in [0.717, 1.165) is 6.42 Å². The molecule has 8 heteroatoms. The van der Waals surface area contributed by atoms with E-state index in [-0.39, 0.29) is 5.92 Å². The summed E-state index contributed by atoms with van der Waals surface area (Å²) < 4.78 is 10.3. The van der Waals surface area contributed by atoms with Crippen molar-refractivity contribution in [2.45, 2.75) is 6.42 Å². The van der Waals surface area contributed by atoms with Crippen LogP contribution in [0.15, 0.2) is 12.3 Å². The summed E-state index contributed by atoms with van der Waals surface area (Å²) >= 11 is 0. The van der Waals surface area contributed by atoms with Gasteiger partial charge in [0.2, 0.25) is 0 Å². The first-order valence-electron chi connectivity index (χ1n) is 7.43. The van der Waals surface area contributed by atoms with Crippen LogP contribution in [0.5, 0.6) is 0 Å². The number of hydrogen-bond donors (Lipinski definition) is 2. The van der Waals surface area contributed by atoms with Crippen LogP contribution >= 0.6 is 0 Å². The van der Waals surface area contributed by atoms with E-state index in [0.29, 0.717) is 50.0 Å². The third-order valence-corrected chi connectivity index (χ3v) is 3.64. The number of nitrogens with zero attached hydrogens (tertiary/aromatic N) is 3. The smallest absolute Gasteiger partial charge is 0.320 e. The molecule has 0 radical (unpaired) electrons. The van der Waals surface area contributed by atoms with Crippen molar-refractivity contribution in [1.29, 1.82) is 5.26 Å². The van der Waals surface area contributed by atoms with E-state index in [2.05, 4.69) is 16.4 Å². The van der Waals surface area contributed by atoms with Gasteiger partial charge in [0, 0.05) is 45.0 Å². The van der Waals surface area contributed by atoms with E-state index in [1.54, 1.807) is 13.2 Å². The average Bonchev–Trinajstić information content (AvgIpc) is 3.05. The van der Waals surface area contributed by atoms with Crippen molar-refractivity contribution in [2.24, 2.45) is 11.7 Å². The number of nitrogens with one attached hydrogen (secondary N) is 1. The highest BCUT2D eigenvalue weighted by atomic mass is 16.5. The van der Waals surface area contributed by atoms with Crippen molar-refractivity contribution >= 4 is 17.5 Å². The zero-order valence-corrected chi connectivity index (χ0v) is 13.1. The fourth-order valence-electron chi connectivity index (χ4n) is 2.40. The molecule has 1 saturated heterocycles. The highest BCUT2D eigenvalue weighted by molar-refractivity contribution is 5.90. The van der Waals surface area contributed by atoms with Crippen LogP contribution in [0.2, 0.25) is 0 Å². The Morgan fingerprint density at radius 1 is 1.70 bits per heavy atom. The van der Waals surface area contributed by atoms with Gasteiger partial charge >= 0.3 is 6.03 Å². The molecular formula is C15H21N5O3. The van der Waals surface area contributed by atoms with E-state index in [1.165, 1.54) is 11.1 Å². The minimum atomic E-state index is -0.572. The molecule has 1 unspecified atom stereocenters. The molecule has 124 valence electrons. The number of carbonyl (C=O) groups excluding carboxylic acids is 1. The molecule has 0 aliphatic carbocycles. The average molecular weight is 319 g/mol. The summed E-state index contributed by atoms with van der Waals surface area (Å²) in [6.45, 7) is 2.80. The summed E-state index contributed by atoms with van der Waals surface area (Å²) in [5.74, 6) is 0.660. The fourth-order valence-corrected chi connectivity index (χ4v) is 2.40. The number of ether oxygens (including phenoxy) is 2. The van der Waals surface area contributed by atoms with Crippen molar-refractivity contribution < 1.29 is 14.3 Å². The maximum absolute atomic E-state index is 11.8. The summed E-state index contributed by atoms with van der Waals surface area (Å²) in [7, 11) is 1.60. The number of anilines is 2. The highest BCUT2D eigenvalue weighted by Gasteiger charge is 2.23. The predicted molar refractivity (Wildman–Crippen MR) is 85.2 cm³/mol. The van der Waals surface area contributed by atoms with Crippen LogP contribution in [-0.2, 0) is 9.47 Å². The molecule has 0 spiro atoms. The van der Waals surface area contributed by atoms with Gasteiger partial charge in [0.05, 0.1) is 24.5 Å². The van der Waals surface area contributed by atoms with Crippen molar-refractivity contribution in [3.05, 3.63) is 17.8 Å². The lowest BCUT2D eigenvalue weighted by Gasteiger charge is -2.23. The second-order valence-corrected chi connectivity index (χ2v) is 5.30. The Bertz CT molecular complexity index is 581. The molecule has 1 aromatic heterocycles. The molecular weight excluding hydrogens is 298 g/mol. The third-order valence-electron chi connectivity index (χ3n) is 3.64. The van der Waals surface area contributed by atoms with E-state index in [4.69, 9.17) is 20.5 Å². The molecule has 1 aromatic rings. The first kappa shape index (κ1) is 17.0. The first-order valence-corrected chi connectivity index (χ1v) is 7.43. The molecule has 1 aliphatic rings. The van der Waals surface area contributed by atoms with Gasteiger partial charge in [0.1, 0.15) is 11.9 Å². The van der Waals surface area contributed by atoms with Crippen molar-refractivity contribution in [2.75, 3.05) is 50.2 Å². The normalized spacial score (nSPS) is 16.8. The number of urea groups is 1. The van der Waals surface area contributed by atoms with Crippen LogP contribution in [0.4, 0.5) is 16.3 Å². The number of nitriles is 1. The number of primary amides is 1. The number of carbonyl (C=O) groups is 1. The second-order valence-electron chi connectivity index (χ2n) is 5.30. The molecule has 0 aromatic carbocycles. The molecule has 1 fully saturated rings. The Labute approximate surface area is 135 Å². The SMILES string of the molecule is COCCNc1cc(N(CC2CCOC2)C(N)=O)ncc1C#N. The van der Waals surface area contributed by atoms with E-state index < -0.39 is 6.03 Å². The molecule has 2 heterocycles. The largest absolute Gasteiger partial charge is 0.383 e. The number of methoxy groups -OCH3 is 1. The Hall–Kier alpha value is -2.37. The third kappa shape index (κ3) is 4.55. The number of hydrogen-bond acceptors (Lipinski definition) is 6. The van der Waals surface area contributed by atoms with Crippen LogP contribution < -0.4 is 16.0 Å². The Balaban J connectivity index is 2.19. The summed E-state index contributed by atoms with van der Waals surface area (Å²) in [5, 5.41) is 12.3. The highest BCUT2D eigenvalue weighted by Crippen LogP contribution is 2.23. The maximum Gasteiger partial charge on any atom is 0.320 e. The predicted octanol–water partition coefficient (Wildman–Crippen LogP) is 0.933. The molecule has 2 rings (SSSR count). The van der Waals surface area contributed by atoms with Gasteiger partial charge in [0.25, 0.3) is 0 Å². The van der Waals surface area contributed by atoms with Crippen molar-refractivity contribution in [1.82, 2.24) is 4.98 Å². The molecule has 0 saturated carbocycles. The number of pyridine rings is 1. The molecule has 1 aliphatic heterocycles. The zero-order chi connectivity index (χ0) is 16.7. The van der Waals surface area contributed by atoms with E-state index in [1.807, 2.05) is 0 Å². The van der Waals surface area contributed by atoms with E-state index in [9.17, 15) is 4.79 Å². The first-order chi connectivity index (χ1) is 11.2. The van der Waals surface area contributed by atoms with E-state index >= 15 is 0 Å². The van der Waals surface area contributed by atoms with Crippen LogP contribution in [-0.4, -0.2) is 51.0 Å². The van der Waals surface area contributed by atoms with Crippen LogP contribution in [0.3, 0.4) is 0 Å². The standard InChI is InChI=1S/C15H21N5O3/c1-22-5-3-18-13-6-14(19-8-12(13)7-16)20(15(17)21)9-11-2-4-23-10-11/h6,8,11H,2-5,9-10H2,1H3,(H2,17,21)(H,18,19). The lowest BCUT2D eigenvalue weighted by Crippen LogP contribution is -2.40. The summed E-state index contributed by atoms with van der Waals surface area (Å²) in [5.41, 5.74) is 6.49. The van der Waals surface area contributed by atoms with Gasteiger partial charge in [-0.3, -0.25) is 4.90 Å². The quantitative estimate of drug-likeness (QED) is 0.723. The summed E-state index contributed by atoms with van der Waals surface area (Å²) in [6.07, 6.45) is 2.32. The van der Waals surface area contributed by atoms with Gasteiger partial charge < -0.3 is 20.5 Å². The van der Waals surface area contributed by atoms with Crippen LogP contribution in [0, 0.1) is 17.2 Å². The van der Waals surface area contributed by atoms with Crippen molar-refractivity contribution in [3.8, 4) is 6.07 Å². The molecule has 2 amide bonds. The Kier molecular flexibility index (Phi) is 6.14. The number of nitrogens with two attached hydrogens (primary N) is 1. The zero-order valence-electron chi connectivity index (χ0n) is 13.1. The minimum Gasteiger partial charge on any atom is -0.383 e. The topological polar surface area (TPSA) is 114 Å². The van der Waals surface area contributed by atoms with Gasteiger partial charge in [-0.2, -0.15) is 5.26 Å². The summed E-state index contributed by atoms with van der Waals surface area (Å²) in [6, 6.07) is 3.16. The summed E-state index contributed by atoms with van der Waals surface area (Å²) in [4.78, 5) is 17.4. The fraction of sp³-hybridized carbons (Fsp3) is 0.533. The molecule has 23 heavy (non-hydrogen) atoms. The van der Waals surface area contributed by atoms with Gasteiger partial charge in [-0.05, 0) is 6.42 Å². The van der Waals surface area contributed by atoms with Gasteiger partial charge in [0.15, 0.2) is 0 Å². The van der Waals surface area contributed by atoms with Gasteiger partial charge in [-0.25, -0.2) is 9.78 Å². The number of aromatic nitrogens is 1. The van der Waals surface area contributed by atoms with Gasteiger partial charge in [-0.15, -0.1) is 0 Å². The molecule has 1 atom stereocenters. The Morgan fingerprint density at radius 3 is 3.13 bits per heavy atom. The molecule has 0 bridgehead atoms. The Morgan fingerprint density at radius 2 is 2.52 bits per heavy atom. The minimum absolute atomic E-state index is 0.241. The lowest BCUT2D eigenvalue weighted by atomic mass is 10.1. The number of amides is 2. The lowest BCUT2D eigenvalue weighted by molar-refractivity contribution is 0.186. The monoisotopic (exact) mass is 319 g/mol. The van der Waals surface area contributed by atoms with Crippen LogP contribution in [0.25, 0.3) is 0 Å². The van der Waals surface area contributed by atoms with Crippen LogP contribution in [0.1, 0.15) is 12.0 Å². The van der Waals surface area contributed by atoms with Gasteiger partial charge in [-0.1, -0.05) is 0 Å². The second kappa shape index (κ2) is 8.31. The maximum atomic E-state index is 11.8. The molecule has 3 N–H and O–H groups in total. The van der Waals surface area contributed by atoms with Crippen molar-refractivity contribution in [3.63, 3.8) is 0 Å².